The Morgan fingerprint density at radius 2 is 2.00 bits per heavy atom. The van der Waals surface area contributed by atoms with Gasteiger partial charge in [0, 0.05) is 17.4 Å². The van der Waals surface area contributed by atoms with E-state index in [2.05, 4.69) is 62.1 Å². The summed E-state index contributed by atoms with van der Waals surface area (Å²) in [5, 5.41) is 4.19. The Morgan fingerprint density at radius 3 is 2.62 bits per heavy atom. The van der Waals surface area contributed by atoms with Crippen molar-refractivity contribution >= 4 is 8.32 Å². The van der Waals surface area contributed by atoms with Gasteiger partial charge in [-0.2, -0.15) is 0 Å². The molecule has 5 heteroatoms. The average Bonchev–Trinajstić information content (AvgIpc) is 2.73. The number of azide groups is 1. The van der Waals surface area contributed by atoms with Crippen molar-refractivity contribution in [3.8, 4) is 0 Å². The molecule has 0 bridgehead atoms. The van der Waals surface area contributed by atoms with E-state index in [-0.39, 0.29) is 17.0 Å². The molecule has 0 aliphatic heterocycles. The van der Waals surface area contributed by atoms with E-state index < -0.39 is 8.32 Å². The third-order valence-electron chi connectivity index (χ3n) is 4.98. The van der Waals surface area contributed by atoms with Gasteiger partial charge in [-0.05, 0) is 41.2 Å². The molecule has 2 unspecified atom stereocenters. The van der Waals surface area contributed by atoms with Gasteiger partial charge in [-0.15, -0.1) is 0 Å². The van der Waals surface area contributed by atoms with Gasteiger partial charge in [0.25, 0.3) is 0 Å². The summed E-state index contributed by atoms with van der Waals surface area (Å²) in [6, 6.07) is 8.35. The molecule has 2 rings (SSSR count). The molecule has 0 heterocycles. The molecule has 0 aromatic heterocycles. The average molecular weight is 303 g/mol. The van der Waals surface area contributed by atoms with Crippen molar-refractivity contribution < 1.29 is 4.43 Å². The molecule has 4 nitrogen and oxygen atoms in total. The van der Waals surface area contributed by atoms with E-state index in [9.17, 15) is 0 Å². The zero-order valence-electron chi connectivity index (χ0n) is 13.6. The first kappa shape index (κ1) is 16.1. The molecule has 2 atom stereocenters. The highest BCUT2D eigenvalue weighted by Gasteiger charge is 2.39. The first-order valence-electron chi connectivity index (χ1n) is 7.52. The van der Waals surface area contributed by atoms with E-state index in [1.165, 1.54) is 11.1 Å². The van der Waals surface area contributed by atoms with Gasteiger partial charge < -0.3 is 4.43 Å². The first-order chi connectivity index (χ1) is 9.76. The molecule has 21 heavy (non-hydrogen) atoms. The molecule has 1 aliphatic rings. The topological polar surface area (TPSA) is 58.0 Å². The lowest BCUT2D eigenvalue weighted by Crippen LogP contribution is -2.42. The standard InChI is InChI=1S/C16H25N3OSi/c1-16(2,3)21(4,5)20-11-14-13-9-7-6-8-12(13)10-15(14)18-19-17/h6-9,14-15H,10-11H2,1-5H3. The second kappa shape index (κ2) is 5.83. The summed E-state index contributed by atoms with van der Waals surface area (Å²) in [6.07, 6.45) is 0.825. The van der Waals surface area contributed by atoms with Crippen LogP contribution in [0.4, 0.5) is 0 Å². The van der Waals surface area contributed by atoms with Crippen LogP contribution in [0.15, 0.2) is 29.4 Å². The van der Waals surface area contributed by atoms with Crippen molar-refractivity contribution in [2.45, 2.75) is 57.3 Å². The van der Waals surface area contributed by atoms with Gasteiger partial charge in [-0.3, -0.25) is 0 Å². The lowest BCUT2D eigenvalue weighted by atomic mass is 10.0. The van der Waals surface area contributed by atoms with Crippen LogP contribution >= 0.6 is 0 Å². The van der Waals surface area contributed by atoms with E-state index >= 15 is 0 Å². The number of rotatable bonds is 4. The highest BCUT2D eigenvalue weighted by atomic mass is 28.4. The molecular weight excluding hydrogens is 278 g/mol. The maximum Gasteiger partial charge on any atom is 0.192 e. The smallest absolute Gasteiger partial charge is 0.192 e. The van der Waals surface area contributed by atoms with Crippen LogP contribution in [0, 0.1) is 0 Å². The summed E-state index contributed by atoms with van der Waals surface area (Å²) in [7, 11) is -1.78. The number of hydrogen-bond acceptors (Lipinski definition) is 2. The Balaban J connectivity index is 2.19. The minimum Gasteiger partial charge on any atom is -0.416 e. The Kier molecular flexibility index (Phi) is 4.47. The summed E-state index contributed by atoms with van der Waals surface area (Å²) >= 11 is 0. The van der Waals surface area contributed by atoms with Gasteiger partial charge in [0.2, 0.25) is 0 Å². The van der Waals surface area contributed by atoms with Crippen LogP contribution in [0.1, 0.15) is 37.8 Å². The minimum absolute atomic E-state index is 0.0165. The van der Waals surface area contributed by atoms with Crippen molar-refractivity contribution in [2.75, 3.05) is 6.61 Å². The molecule has 0 fully saturated rings. The third kappa shape index (κ3) is 3.31. The molecule has 0 radical (unpaired) electrons. The predicted molar refractivity (Wildman–Crippen MR) is 89.0 cm³/mol. The van der Waals surface area contributed by atoms with Crippen molar-refractivity contribution in [1.82, 2.24) is 0 Å². The van der Waals surface area contributed by atoms with Crippen molar-refractivity contribution in [1.29, 1.82) is 0 Å². The fourth-order valence-electron chi connectivity index (χ4n) is 2.56. The van der Waals surface area contributed by atoms with Gasteiger partial charge in [-0.25, -0.2) is 0 Å². The Hall–Kier alpha value is -1.29. The second-order valence-corrected chi connectivity index (χ2v) is 12.2. The van der Waals surface area contributed by atoms with Crippen LogP contribution in [0.2, 0.25) is 18.1 Å². The van der Waals surface area contributed by atoms with Crippen molar-refractivity contribution in [3.05, 3.63) is 45.8 Å². The summed E-state index contributed by atoms with van der Waals surface area (Å²) in [5.74, 6) is 0.186. The molecule has 0 amide bonds. The maximum atomic E-state index is 8.81. The number of benzene rings is 1. The number of fused-ring (bicyclic) bond motifs is 1. The lowest BCUT2D eigenvalue weighted by molar-refractivity contribution is 0.253. The molecule has 0 N–H and O–H groups in total. The molecule has 1 aromatic rings. The molecular formula is C16H25N3OSi. The van der Waals surface area contributed by atoms with Gasteiger partial charge >= 0.3 is 0 Å². The Labute approximate surface area is 128 Å². The highest BCUT2D eigenvalue weighted by molar-refractivity contribution is 6.74. The van der Waals surface area contributed by atoms with Crippen LogP contribution in [-0.4, -0.2) is 21.0 Å². The van der Waals surface area contributed by atoms with E-state index in [0.717, 1.165) is 6.42 Å². The zero-order chi connectivity index (χ0) is 15.7. The molecule has 0 saturated heterocycles. The van der Waals surface area contributed by atoms with E-state index in [0.29, 0.717) is 6.61 Å². The van der Waals surface area contributed by atoms with Crippen LogP contribution in [0.5, 0.6) is 0 Å². The van der Waals surface area contributed by atoms with E-state index in [1.807, 2.05) is 6.07 Å². The first-order valence-corrected chi connectivity index (χ1v) is 10.4. The van der Waals surface area contributed by atoms with Crippen LogP contribution in [0.3, 0.4) is 0 Å². The van der Waals surface area contributed by atoms with Gasteiger partial charge in [0.05, 0.1) is 6.04 Å². The normalized spacial score (nSPS) is 21.8. The molecule has 1 aromatic carbocycles. The van der Waals surface area contributed by atoms with Crippen LogP contribution < -0.4 is 0 Å². The fourth-order valence-corrected chi connectivity index (χ4v) is 3.59. The number of hydrogen-bond donors (Lipinski definition) is 0. The van der Waals surface area contributed by atoms with Crippen molar-refractivity contribution in [2.24, 2.45) is 5.11 Å². The molecule has 0 spiro atoms. The quantitative estimate of drug-likeness (QED) is 0.333. The predicted octanol–water partition coefficient (Wildman–Crippen LogP) is 5.03. The maximum absolute atomic E-state index is 8.81. The summed E-state index contributed by atoms with van der Waals surface area (Å²) in [6.45, 7) is 11.9. The summed E-state index contributed by atoms with van der Waals surface area (Å²) < 4.78 is 6.37. The van der Waals surface area contributed by atoms with E-state index in [1.54, 1.807) is 0 Å². The third-order valence-corrected chi connectivity index (χ3v) is 9.48. The summed E-state index contributed by atoms with van der Waals surface area (Å²) in [5.41, 5.74) is 11.4. The zero-order valence-corrected chi connectivity index (χ0v) is 14.6. The monoisotopic (exact) mass is 303 g/mol. The van der Waals surface area contributed by atoms with Crippen LogP contribution in [-0.2, 0) is 10.8 Å². The SMILES string of the molecule is CC(C)(C)[Si](C)(C)OCC1c2ccccc2CC1N=[N+]=[N-]. The second-order valence-electron chi connectivity index (χ2n) is 7.35. The van der Waals surface area contributed by atoms with Gasteiger partial charge in [0.15, 0.2) is 8.32 Å². The summed E-state index contributed by atoms with van der Waals surface area (Å²) in [4.78, 5) is 3.02. The number of nitrogens with zero attached hydrogens (tertiary/aromatic N) is 3. The highest BCUT2D eigenvalue weighted by Crippen LogP contribution is 2.40. The Morgan fingerprint density at radius 1 is 1.33 bits per heavy atom. The van der Waals surface area contributed by atoms with Gasteiger partial charge in [-0.1, -0.05) is 50.2 Å². The molecule has 0 saturated carbocycles. The van der Waals surface area contributed by atoms with E-state index in [4.69, 9.17) is 9.96 Å². The Bertz CT molecular complexity index is 559. The lowest BCUT2D eigenvalue weighted by Gasteiger charge is -2.37. The van der Waals surface area contributed by atoms with Crippen LogP contribution in [0.25, 0.3) is 10.4 Å². The van der Waals surface area contributed by atoms with Gasteiger partial charge in [0.1, 0.15) is 0 Å². The van der Waals surface area contributed by atoms with Crippen molar-refractivity contribution in [3.63, 3.8) is 0 Å². The minimum atomic E-state index is -1.78. The molecule has 114 valence electrons. The fraction of sp³-hybridized carbons (Fsp3) is 0.625. The largest absolute Gasteiger partial charge is 0.416 e. The molecule has 1 aliphatic carbocycles.